The lowest BCUT2D eigenvalue weighted by atomic mass is 9.74. The molecule has 1 saturated carbocycles. The Hall–Kier alpha value is -1.95. The number of halogens is 1. The molecule has 152 valence electrons. The van der Waals surface area contributed by atoms with Crippen molar-refractivity contribution in [2.45, 2.75) is 57.5 Å². The van der Waals surface area contributed by atoms with Crippen LogP contribution in [0.3, 0.4) is 0 Å². The van der Waals surface area contributed by atoms with Crippen molar-refractivity contribution in [2.75, 3.05) is 31.1 Å². The van der Waals surface area contributed by atoms with E-state index in [0.717, 1.165) is 25.7 Å². The maximum atomic E-state index is 13.6. The monoisotopic (exact) mass is 388 g/mol. The fraction of sp³-hybridized carbons (Fsp3) is 0.636. The molecule has 1 aliphatic carbocycles. The number of carbonyl (C=O) groups is 2. The van der Waals surface area contributed by atoms with Crippen LogP contribution in [0.15, 0.2) is 24.3 Å². The first kappa shape index (κ1) is 19.4. The summed E-state index contributed by atoms with van der Waals surface area (Å²) in [5.74, 6) is -0.229. The molecule has 2 saturated heterocycles. The van der Waals surface area contributed by atoms with Gasteiger partial charge >= 0.3 is 0 Å². The Bertz CT molecular complexity index is 752. The summed E-state index contributed by atoms with van der Waals surface area (Å²) in [5.41, 5.74) is -0.106. The summed E-state index contributed by atoms with van der Waals surface area (Å²) < 4.78 is 19.6. The molecule has 0 radical (unpaired) electrons. The van der Waals surface area contributed by atoms with Gasteiger partial charge in [-0.15, -0.1) is 0 Å². The predicted molar refractivity (Wildman–Crippen MR) is 104 cm³/mol. The van der Waals surface area contributed by atoms with Crippen LogP contribution in [0.1, 0.15) is 51.9 Å². The first-order valence-electron chi connectivity index (χ1n) is 10.4. The Morgan fingerprint density at radius 1 is 1.11 bits per heavy atom. The van der Waals surface area contributed by atoms with Crippen LogP contribution in [0.4, 0.5) is 10.1 Å². The van der Waals surface area contributed by atoms with E-state index in [0.29, 0.717) is 38.2 Å². The molecule has 2 aliphatic heterocycles. The normalized spacial score (nSPS) is 24.4. The number of morpholine rings is 1. The minimum Gasteiger partial charge on any atom is -0.363 e. The summed E-state index contributed by atoms with van der Waals surface area (Å²) >= 11 is 0. The summed E-state index contributed by atoms with van der Waals surface area (Å²) in [5, 5.41) is 0. The van der Waals surface area contributed by atoms with Crippen LogP contribution >= 0.6 is 0 Å². The molecule has 1 aromatic carbocycles. The van der Waals surface area contributed by atoms with Crippen LogP contribution in [0.5, 0.6) is 0 Å². The third-order valence-electron chi connectivity index (χ3n) is 6.80. The SMILES string of the molecule is CC1(C(=O)N2CCC3(CC2)CN(c2cccc(F)c2)C(=O)CO3)CCCCC1. The molecule has 0 unspecified atom stereocenters. The average Bonchev–Trinajstić information content (AvgIpc) is 2.71. The highest BCUT2D eigenvalue weighted by Crippen LogP contribution is 2.39. The number of hydrogen-bond donors (Lipinski definition) is 0. The number of hydrogen-bond acceptors (Lipinski definition) is 3. The molecule has 0 atom stereocenters. The second kappa shape index (κ2) is 7.47. The Morgan fingerprint density at radius 3 is 2.50 bits per heavy atom. The number of likely N-dealkylation sites (tertiary alicyclic amines) is 1. The Morgan fingerprint density at radius 2 is 1.82 bits per heavy atom. The maximum Gasteiger partial charge on any atom is 0.253 e. The van der Waals surface area contributed by atoms with Gasteiger partial charge in [-0.2, -0.15) is 0 Å². The zero-order chi connectivity index (χ0) is 19.8. The van der Waals surface area contributed by atoms with Gasteiger partial charge in [0.2, 0.25) is 5.91 Å². The molecule has 28 heavy (non-hydrogen) atoms. The van der Waals surface area contributed by atoms with Gasteiger partial charge in [-0.3, -0.25) is 9.59 Å². The summed E-state index contributed by atoms with van der Waals surface area (Å²) in [7, 11) is 0. The minimum absolute atomic E-state index is 0.00216. The van der Waals surface area contributed by atoms with Gasteiger partial charge in [-0.1, -0.05) is 32.3 Å². The lowest BCUT2D eigenvalue weighted by Gasteiger charge is -2.48. The van der Waals surface area contributed by atoms with Crippen molar-refractivity contribution in [1.82, 2.24) is 4.90 Å². The third-order valence-corrected chi connectivity index (χ3v) is 6.80. The van der Waals surface area contributed by atoms with Gasteiger partial charge in [0, 0.05) is 24.2 Å². The molecular weight excluding hydrogens is 359 g/mol. The number of carbonyl (C=O) groups excluding carboxylic acids is 2. The van der Waals surface area contributed by atoms with E-state index in [1.54, 1.807) is 17.0 Å². The van der Waals surface area contributed by atoms with E-state index in [1.165, 1.54) is 18.6 Å². The highest BCUT2D eigenvalue weighted by molar-refractivity contribution is 5.95. The van der Waals surface area contributed by atoms with Gasteiger partial charge in [0.15, 0.2) is 0 Å². The van der Waals surface area contributed by atoms with Crippen LogP contribution in [-0.4, -0.2) is 48.6 Å². The zero-order valence-corrected chi connectivity index (χ0v) is 16.6. The Balaban J connectivity index is 1.43. The molecule has 3 fully saturated rings. The van der Waals surface area contributed by atoms with Crippen LogP contribution in [0.2, 0.25) is 0 Å². The Labute approximate surface area is 165 Å². The zero-order valence-electron chi connectivity index (χ0n) is 16.6. The van der Waals surface area contributed by atoms with Crippen molar-refractivity contribution in [3.05, 3.63) is 30.1 Å². The number of amides is 2. The molecule has 0 bridgehead atoms. The summed E-state index contributed by atoms with van der Waals surface area (Å²) in [6, 6.07) is 6.13. The van der Waals surface area contributed by atoms with E-state index in [-0.39, 0.29) is 29.7 Å². The number of ether oxygens (including phenoxy) is 1. The molecule has 0 aromatic heterocycles. The van der Waals surface area contributed by atoms with E-state index < -0.39 is 5.60 Å². The molecule has 6 heteroatoms. The molecule has 2 amide bonds. The Kier molecular flexibility index (Phi) is 5.17. The first-order valence-corrected chi connectivity index (χ1v) is 10.4. The number of nitrogens with zero attached hydrogens (tertiary/aromatic N) is 2. The van der Waals surface area contributed by atoms with Crippen molar-refractivity contribution < 1.29 is 18.7 Å². The van der Waals surface area contributed by atoms with Gasteiger partial charge in [-0.25, -0.2) is 4.39 Å². The molecule has 1 spiro atoms. The van der Waals surface area contributed by atoms with Gasteiger partial charge in [-0.05, 0) is 43.9 Å². The van der Waals surface area contributed by atoms with E-state index in [2.05, 4.69) is 6.92 Å². The molecule has 5 nitrogen and oxygen atoms in total. The summed E-state index contributed by atoms with van der Waals surface area (Å²) in [6.45, 7) is 3.83. The minimum atomic E-state index is -0.454. The predicted octanol–water partition coefficient (Wildman–Crippen LogP) is 3.52. The molecule has 1 aromatic rings. The van der Waals surface area contributed by atoms with E-state index >= 15 is 0 Å². The second-order valence-electron chi connectivity index (χ2n) is 8.84. The number of rotatable bonds is 2. The van der Waals surface area contributed by atoms with Crippen LogP contribution in [0.25, 0.3) is 0 Å². The van der Waals surface area contributed by atoms with Crippen LogP contribution < -0.4 is 4.90 Å². The molecule has 2 heterocycles. The lowest BCUT2D eigenvalue weighted by molar-refractivity contribution is -0.156. The van der Waals surface area contributed by atoms with E-state index in [9.17, 15) is 14.0 Å². The van der Waals surface area contributed by atoms with Crippen molar-refractivity contribution in [3.8, 4) is 0 Å². The number of anilines is 1. The maximum absolute atomic E-state index is 13.6. The largest absolute Gasteiger partial charge is 0.363 e. The molecule has 3 aliphatic rings. The highest BCUT2D eigenvalue weighted by Gasteiger charge is 2.45. The van der Waals surface area contributed by atoms with Crippen molar-refractivity contribution in [2.24, 2.45) is 5.41 Å². The summed E-state index contributed by atoms with van der Waals surface area (Å²) in [6.07, 6.45) is 6.85. The van der Waals surface area contributed by atoms with E-state index in [1.807, 2.05) is 4.90 Å². The van der Waals surface area contributed by atoms with E-state index in [4.69, 9.17) is 4.74 Å². The van der Waals surface area contributed by atoms with Crippen molar-refractivity contribution in [3.63, 3.8) is 0 Å². The lowest BCUT2D eigenvalue weighted by Crippen LogP contribution is -2.60. The molecular formula is C22H29FN2O3. The van der Waals surface area contributed by atoms with Crippen molar-refractivity contribution in [1.29, 1.82) is 0 Å². The number of piperidine rings is 1. The van der Waals surface area contributed by atoms with Crippen molar-refractivity contribution >= 4 is 17.5 Å². The van der Waals surface area contributed by atoms with Crippen LogP contribution in [-0.2, 0) is 14.3 Å². The molecule has 4 rings (SSSR count). The molecule has 0 N–H and O–H groups in total. The first-order chi connectivity index (χ1) is 13.4. The summed E-state index contributed by atoms with van der Waals surface area (Å²) in [4.78, 5) is 29.1. The second-order valence-corrected chi connectivity index (χ2v) is 8.84. The number of benzene rings is 1. The quantitative estimate of drug-likeness (QED) is 0.779. The highest BCUT2D eigenvalue weighted by atomic mass is 19.1. The third kappa shape index (κ3) is 3.66. The average molecular weight is 388 g/mol. The standard InChI is InChI=1S/C22H29FN2O3/c1-21(8-3-2-4-9-21)20(27)24-12-10-22(11-13-24)16-25(19(26)15-28-22)18-7-5-6-17(23)14-18/h5-7,14H,2-4,8-13,15-16H2,1H3. The van der Waals surface area contributed by atoms with Gasteiger partial charge in [0.25, 0.3) is 5.91 Å². The van der Waals surface area contributed by atoms with Crippen LogP contribution in [0, 0.1) is 11.2 Å². The van der Waals surface area contributed by atoms with Gasteiger partial charge < -0.3 is 14.5 Å². The van der Waals surface area contributed by atoms with Gasteiger partial charge in [0.05, 0.1) is 12.1 Å². The fourth-order valence-corrected chi connectivity index (χ4v) is 4.94. The smallest absolute Gasteiger partial charge is 0.253 e. The topological polar surface area (TPSA) is 49.9 Å². The fourth-order valence-electron chi connectivity index (χ4n) is 4.94. The van der Waals surface area contributed by atoms with Gasteiger partial charge in [0.1, 0.15) is 12.4 Å².